The summed E-state index contributed by atoms with van der Waals surface area (Å²) in [7, 11) is 0. The number of carbonyl (C=O) groups is 3. The lowest BCUT2D eigenvalue weighted by Crippen LogP contribution is -2.55. The summed E-state index contributed by atoms with van der Waals surface area (Å²) in [5.41, 5.74) is 1.69. The van der Waals surface area contributed by atoms with Gasteiger partial charge in [-0.2, -0.15) is 11.8 Å². The third-order valence-electron chi connectivity index (χ3n) is 8.80. The van der Waals surface area contributed by atoms with Crippen LogP contribution in [0.4, 0.5) is 5.69 Å². The quantitative estimate of drug-likeness (QED) is 0.541. The number of ether oxygens (including phenoxy) is 1. The van der Waals surface area contributed by atoms with E-state index < -0.39 is 12.1 Å². The highest BCUT2D eigenvalue weighted by Gasteiger charge is 2.53. The Kier molecular flexibility index (Phi) is 8.95. The predicted octanol–water partition coefficient (Wildman–Crippen LogP) is 2.81. The summed E-state index contributed by atoms with van der Waals surface area (Å²) >= 11 is 1.64. The van der Waals surface area contributed by atoms with Crippen molar-refractivity contribution in [2.24, 2.45) is 5.92 Å². The highest BCUT2D eigenvalue weighted by atomic mass is 32.2. The van der Waals surface area contributed by atoms with Crippen molar-refractivity contribution in [2.75, 3.05) is 57.0 Å². The van der Waals surface area contributed by atoms with Crippen LogP contribution in [0.5, 0.6) is 0 Å². The molecule has 3 heterocycles. The number of hydrogen-bond acceptors (Lipinski definition) is 7. The molecule has 9 heteroatoms. The van der Waals surface area contributed by atoms with E-state index in [2.05, 4.69) is 22.0 Å². The molecule has 4 atom stereocenters. The number of Topliss-reactive ketones (excluding diaryl/α,β-unsaturated/α-hetero) is 1. The molecule has 3 saturated heterocycles. The molecule has 3 aliphatic heterocycles. The summed E-state index contributed by atoms with van der Waals surface area (Å²) < 4.78 is 5.77. The lowest BCUT2D eigenvalue weighted by atomic mass is 9.83. The first kappa shape index (κ1) is 27.5. The third-order valence-corrected chi connectivity index (χ3v) is 9.83. The van der Waals surface area contributed by atoms with Crippen LogP contribution in [-0.4, -0.2) is 103 Å². The second-order valence-corrected chi connectivity index (χ2v) is 12.3. The monoisotopic (exact) mass is 542 g/mol. The minimum Gasteiger partial charge on any atom is -0.369 e. The second-order valence-electron chi connectivity index (χ2n) is 11.2. The summed E-state index contributed by atoms with van der Waals surface area (Å²) in [4.78, 5) is 46.7. The van der Waals surface area contributed by atoms with E-state index in [4.69, 9.17) is 4.74 Å². The topological polar surface area (TPSA) is 82.2 Å². The van der Waals surface area contributed by atoms with Gasteiger partial charge in [-0.15, -0.1) is 0 Å². The maximum atomic E-state index is 14.0. The van der Waals surface area contributed by atoms with Crippen LogP contribution >= 0.6 is 11.8 Å². The van der Waals surface area contributed by atoms with Crippen molar-refractivity contribution in [3.05, 3.63) is 29.8 Å². The molecular weight excluding hydrogens is 500 g/mol. The number of benzene rings is 1. The number of carbonyl (C=O) groups excluding carboxylic acids is 3. The summed E-state index contributed by atoms with van der Waals surface area (Å²) in [6.07, 6.45) is 8.04. The van der Waals surface area contributed by atoms with Crippen LogP contribution in [0.25, 0.3) is 0 Å². The first-order valence-electron chi connectivity index (χ1n) is 14.4. The van der Waals surface area contributed by atoms with Gasteiger partial charge in [0.1, 0.15) is 18.7 Å². The van der Waals surface area contributed by atoms with Crippen molar-refractivity contribution >= 4 is 35.0 Å². The highest BCUT2D eigenvalue weighted by Crippen LogP contribution is 2.35. The molecule has 0 bridgehead atoms. The lowest BCUT2D eigenvalue weighted by Gasteiger charge is -2.36. The molecule has 4 aliphatic rings. The van der Waals surface area contributed by atoms with Crippen molar-refractivity contribution < 1.29 is 19.1 Å². The maximum absolute atomic E-state index is 14.0. The summed E-state index contributed by atoms with van der Waals surface area (Å²) in [6, 6.07) is 6.63. The average Bonchev–Trinajstić information content (AvgIpc) is 3.52. The third kappa shape index (κ3) is 5.75. The molecule has 0 aromatic heterocycles. The van der Waals surface area contributed by atoms with Crippen molar-refractivity contribution in [2.45, 2.75) is 68.9 Å². The molecule has 38 heavy (non-hydrogen) atoms. The zero-order chi connectivity index (χ0) is 26.6. The van der Waals surface area contributed by atoms with Crippen LogP contribution < -0.4 is 10.2 Å². The van der Waals surface area contributed by atoms with Gasteiger partial charge < -0.3 is 19.9 Å². The Hall–Kier alpha value is -2.10. The number of fused-ring (bicyclic) bond motifs is 1. The minimum absolute atomic E-state index is 0.0280. The standard InChI is InChI=1S/C29H42N4O4S/c1-3-13-31-14-16-32(17-15-31)22-11-9-21(10-12-22)28(35)30-25(20-7-5-4-6-8-20)29(36)33-18-24(38-2)27-26(33)23(34)19-37-27/h9-12,20,24-27H,3-8,13-19H2,1-2H3,(H,30,35)/t24-,25-,26+,27+/m0/s1. The molecule has 1 aromatic rings. The normalized spacial score (nSPS) is 27.4. The molecular formula is C29H42N4O4S. The number of nitrogens with zero attached hydrogens (tertiary/aromatic N) is 3. The number of amides is 2. The number of hydrogen-bond donors (Lipinski definition) is 1. The number of ketones is 1. The molecule has 4 fully saturated rings. The molecule has 1 saturated carbocycles. The predicted molar refractivity (Wildman–Crippen MR) is 151 cm³/mol. The summed E-state index contributed by atoms with van der Waals surface area (Å²) in [6.45, 7) is 8.01. The first-order valence-corrected chi connectivity index (χ1v) is 15.6. The van der Waals surface area contributed by atoms with Crippen molar-refractivity contribution in [1.29, 1.82) is 0 Å². The highest BCUT2D eigenvalue weighted by molar-refractivity contribution is 7.99. The number of likely N-dealkylation sites (tertiary alicyclic amines) is 1. The second kappa shape index (κ2) is 12.4. The molecule has 5 rings (SSSR count). The Morgan fingerprint density at radius 2 is 1.79 bits per heavy atom. The molecule has 1 N–H and O–H groups in total. The molecule has 0 radical (unpaired) electrons. The van der Waals surface area contributed by atoms with Crippen LogP contribution in [0, 0.1) is 5.92 Å². The summed E-state index contributed by atoms with van der Waals surface area (Å²) in [5, 5.41) is 3.19. The van der Waals surface area contributed by atoms with Gasteiger partial charge in [0.15, 0.2) is 5.78 Å². The average molecular weight is 543 g/mol. The van der Waals surface area contributed by atoms with Gasteiger partial charge in [0.25, 0.3) is 5.91 Å². The SMILES string of the molecule is CCCN1CCN(c2ccc(C(=O)N[C@H](C(=O)N3C[C@H](SC)[C@H]4OCC(=O)[C@H]43)C3CCCCC3)cc2)CC1. The maximum Gasteiger partial charge on any atom is 0.251 e. The molecule has 0 spiro atoms. The molecule has 1 aliphatic carbocycles. The fraction of sp³-hybridized carbons (Fsp3) is 0.690. The zero-order valence-electron chi connectivity index (χ0n) is 22.8. The number of thioether (sulfide) groups is 1. The van der Waals surface area contributed by atoms with E-state index >= 15 is 0 Å². The van der Waals surface area contributed by atoms with E-state index in [1.807, 2.05) is 30.5 Å². The smallest absolute Gasteiger partial charge is 0.251 e. The van der Waals surface area contributed by atoms with Gasteiger partial charge >= 0.3 is 0 Å². The van der Waals surface area contributed by atoms with Crippen LogP contribution in [0.1, 0.15) is 55.8 Å². The molecule has 208 valence electrons. The largest absolute Gasteiger partial charge is 0.369 e. The van der Waals surface area contributed by atoms with E-state index in [-0.39, 0.29) is 41.5 Å². The molecule has 0 unspecified atom stereocenters. The van der Waals surface area contributed by atoms with Crippen LogP contribution in [-0.2, 0) is 14.3 Å². The fourth-order valence-electron chi connectivity index (χ4n) is 6.67. The van der Waals surface area contributed by atoms with Crippen LogP contribution in [0.15, 0.2) is 24.3 Å². The van der Waals surface area contributed by atoms with Crippen molar-refractivity contribution in [1.82, 2.24) is 15.1 Å². The number of nitrogens with one attached hydrogen (secondary N) is 1. The zero-order valence-corrected chi connectivity index (χ0v) is 23.6. The summed E-state index contributed by atoms with van der Waals surface area (Å²) in [5.74, 6) is -0.292. The van der Waals surface area contributed by atoms with Crippen molar-refractivity contribution in [3.63, 3.8) is 0 Å². The van der Waals surface area contributed by atoms with E-state index in [0.29, 0.717) is 12.1 Å². The van der Waals surface area contributed by atoms with Crippen LogP contribution in [0.2, 0.25) is 0 Å². The van der Waals surface area contributed by atoms with Gasteiger partial charge in [0.05, 0.1) is 11.4 Å². The van der Waals surface area contributed by atoms with E-state index in [9.17, 15) is 14.4 Å². The minimum atomic E-state index is -0.622. The van der Waals surface area contributed by atoms with Gasteiger partial charge in [0, 0.05) is 44.0 Å². The number of piperazine rings is 1. The van der Waals surface area contributed by atoms with Gasteiger partial charge in [0.2, 0.25) is 5.91 Å². The molecule has 8 nitrogen and oxygen atoms in total. The van der Waals surface area contributed by atoms with Crippen LogP contribution in [0.3, 0.4) is 0 Å². The Bertz CT molecular complexity index is 991. The number of anilines is 1. The fourth-order valence-corrected chi connectivity index (χ4v) is 7.47. The van der Waals surface area contributed by atoms with E-state index in [1.165, 1.54) is 6.42 Å². The van der Waals surface area contributed by atoms with Crippen molar-refractivity contribution in [3.8, 4) is 0 Å². The Balaban J connectivity index is 1.28. The number of rotatable bonds is 8. The Morgan fingerprint density at radius 1 is 1.08 bits per heavy atom. The lowest BCUT2D eigenvalue weighted by molar-refractivity contribution is -0.139. The van der Waals surface area contributed by atoms with Gasteiger partial charge in [-0.05, 0) is 62.2 Å². The molecule has 1 aromatic carbocycles. The van der Waals surface area contributed by atoms with Gasteiger partial charge in [-0.1, -0.05) is 26.2 Å². The van der Waals surface area contributed by atoms with E-state index in [0.717, 1.165) is 70.5 Å². The van der Waals surface area contributed by atoms with Gasteiger partial charge in [-0.25, -0.2) is 0 Å². The first-order chi connectivity index (χ1) is 18.5. The van der Waals surface area contributed by atoms with Gasteiger partial charge in [-0.3, -0.25) is 19.3 Å². The Labute approximate surface area is 230 Å². The van der Waals surface area contributed by atoms with E-state index in [1.54, 1.807) is 16.7 Å². The Morgan fingerprint density at radius 3 is 2.45 bits per heavy atom. The molecule has 2 amide bonds.